The van der Waals surface area contributed by atoms with Crippen LogP contribution in [0, 0.1) is 0 Å². The number of nitrogens with zero attached hydrogens (tertiary/aromatic N) is 1. The second kappa shape index (κ2) is 3.79. The molecule has 0 aliphatic carbocycles. The molecule has 0 saturated heterocycles. The zero-order valence-electron chi connectivity index (χ0n) is 7.30. The van der Waals surface area contributed by atoms with Crippen LogP contribution in [0.15, 0.2) is 25.0 Å². The van der Waals surface area contributed by atoms with Gasteiger partial charge in [0.1, 0.15) is 0 Å². The maximum atomic E-state index is 12.4. The third-order valence-electron chi connectivity index (χ3n) is 1.75. The number of nitrogens with two attached hydrogens (primary N) is 1. The third kappa shape index (κ3) is 2.11. The molecule has 0 aromatic carbocycles. The molecule has 1 rings (SSSR count). The van der Waals surface area contributed by atoms with Crippen LogP contribution in [0.25, 0.3) is 5.57 Å². The highest BCUT2D eigenvalue weighted by Gasteiger charge is 2.33. The van der Waals surface area contributed by atoms with E-state index in [1.807, 2.05) is 0 Å². The van der Waals surface area contributed by atoms with Crippen molar-refractivity contribution in [3.63, 3.8) is 0 Å². The van der Waals surface area contributed by atoms with Gasteiger partial charge >= 0.3 is 6.18 Å². The first kappa shape index (κ1) is 10.7. The van der Waals surface area contributed by atoms with Gasteiger partial charge < -0.3 is 5.73 Å². The van der Waals surface area contributed by atoms with E-state index in [0.717, 1.165) is 18.5 Å². The molecule has 0 unspecified atom stereocenters. The van der Waals surface area contributed by atoms with Crippen LogP contribution in [0.2, 0.25) is 0 Å². The Labute approximate surface area is 79.3 Å². The summed E-state index contributed by atoms with van der Waals surface area (Å²) in [7, 11) is 0. The quantitative estimate of drug-likeness (QED) is 0.797. The highest BCUT2D eigenvalue weighted by molar-refractivity contribution is 5.67. The standard InChI is InChI=1S/C9H9F3N2/c1-6(4-13)7-5-14-3-2-8(7)9(10,11)12/h2-3,5H,1,4,13H2. The summed E-state index contributed by atoms with van der Waals surface area (Å²) in [5.74, 6) is 0. The molecule has 1 heterocycles. The van der Waals surface area contributed by atoms with Gasteiger partial charge in [0.25, 0.3) is 0 Å². The van der Waals surface area contributed by atoms with Crippen LogP contribution in [0.5, 0.6) is 0 Å². The van der Waals surface area contributed by atoms with Gasteiger partial charge in [0, 0.05) is 24.5 Å². The average Bonchev–Trinajstić information content (AvgIpc) is 2.15. The van der Waals surface area contributed by atoms with Gasteiger partial charge in [-0.05, 0) is 11.6 Å². The number of pyridine rings is 1. The molecule has 1 aromatic heterocycles. The first-order valence-electron chi connectivity index (χ1n) is 3.86. The van der Waals surface area contributed by atoms with E-state index in [-0.39, 0.29) is 17.7 Å². The van der Waals surface area contributed by atoms with E-state index in [2.05, 4.69) is 11.6 Å². The van der Waals surface area contributed by atoms with Gasteiger partial charge in [0.15, 0.2) is 0 Å². The van der Waals surface area contributed by atoms with Gasteiger partial charge in [-0.25, -0.2) is 0 Å². The topological polar surface area (TPSA) is 38.9 Å². The minimum absolute atomic E-state index is 0.0191. The maximum Gasteiger partial charge on any atom is 0.417 e. The van der Waals surface area contributed by atoms with E-state index < -0.39 is 11.7 Å². The molecule has 0 amide bonds. The zero-order chi connectivity index (χ0) is 10.8. The zero-order valence-corrected chi connectivity index (χ0v) is 7.30. The molecule has 0 aliphatic heterocycles. The van der Waals surface area contributed by atoms with Crippen LogP contribution in [0.1, 0.15) is 11.1 Å². The number of alkyl halides is 3. The van der Waals surface area contributed by atoms with Crippen molar-refractivity contribution in [1.29, 1.82) is 0 Å². The summed E-state index contributed by atoms with van der Waals surface area (Å²) < 4.78 is 37.3. The number of aromatic nitrogens is 1. The summed E-state index contributed by atoms with van der Waals surface area (Å²) >= 11 is 0. The molecule has 2 nitrogen and oxygen atoms in total. The fourth-order valence-electron chi connectivity index (χ4n) is 1.03. The molecular formula is C9H9F3N2. The second-order valence-corrected chi connectivity index (χ2v) is 2.73. The lowest BCUT2D eigenvalue weighted by Crippen LogP contribution is -2.11. The first-order chi connectivity index (χ1) is 6.46. The minimum Gasteiger partial charge on any atom is -0.326 e. The molecule has 0 atom stereocenters. The largest absolute Gasteiger partial charge is 0.417 e. The Hall–Kier alpha value is -1.36. The lowest BCUT2D eigenvalue weighted by molar-refractivity contribution is -0.137. The molecule has 1 aromatic rings. The highest BCUT2D eigenvalue weighted by Crippen LogP contribution is 2.33. The van der Waals surface area contributed by atoms with Crippen LogP contribution in [0.3, 0.4) is 0 Å². The Morgan fingerprint density at radius 3 is 2.64 bits per heavy atom. The van der Waals surface area contributed by atoms with Gasteiger partial charge in [-0.2, -0.15) is 13.2 Å². The van der Waals surface area contributed by atoms with Crippen LogP contribution in [-0.2, 0) is 6.18 Å². The Bertz CT molecular complexity index is 344. The van der Waals surface area contributed by atoms with Crippen molar-refractivity contribution in [2.75, 3.05) is 6.54 Å². The number of hydrogen-bond donors (Lipinski definition) is 1. The van der Waals surface area contributed by atoms with E-state index in [0.29, 0.717) is 0 Å². The Kier molecular flexibility index (Phi) is 2.90. The number of halogens is 3. The number of rotatable bonds is 2. The van der Waals surface area contributed by atoms with Crippen LogP contribution in [0.4, 0.5) is 13.2 Å². The van der Waals surface area contributed by atoms with Crippen molar-refractivity contribution in [2.24, 2.45) is 5.73 Å². The average molecular weight is 202 g/mol. The highest BCUT2D eigenvalue weighted by atomic mass is 19.4. The summed E-state index contributed by atoms with van der Waals surface area (Å²) in [6.07, 6.45) is -2.18. The maximum absolute atomic E-state index is 12.4. The fourth-order valence-corrected chi connectivity index (χ4v) is 1.03. The summed E-state index contributed by atoms with van der Waals surface area (Å²) in [4.78, 5) is 3.61. The molecule has 0 aliphatic rings. The summed E-state index contributed by atoms with van der Waals surface area (Å²) in [6.45, 7) is 3.43. The molecule has 0 saturated carbocycles. The lowest BCUT2D eigenvalue weighted by Gasteiger charge is -2.12. The summed E-state index contributed by atoms with van der Waals surface area (Å²) in [5, 5.41) is 0. The van der Waals surface area contributed by atoms with Crippen molar-refractivity contribution < 1.29 is 13.2 Å². The van der Waals surface area contributed by atoms with Gasteiger partial charge in [0.2, 0.25) is 0 Å². The molecule has 0 fully saturated rings. The lowest BCUT2D eigenvalue weighted by atomic mass is 10.0. The van der Waals surface area contributed by atoms with Gasteiger partial charge in [-0.1, -0.05) is 6.58 Å². The van der Waals surface area contributed by atoms with Gasteiger partial charge in [-0.15, -0.1) is 0 Å². The molecule has 5 heteroatoms. The van der Waals surface area contributed by atoms with E-state index in [1.165, 1.54) is 0 Å². The van der Waals surface area contributed by atoms with Crippen molar-refractivity contribution in [3.05, 3.63) is 36.2 Å². The third-order valence-corrected chi connectivity index (χ3v) is 1.75. The molecular weight excluding hydrogens is 193 g/mol. The molecule has 0 radical (unpaired) electrons. The predicted octanol–water partition coefficient (Wildman–Crippen LogP) is 2.07. The van der Waals surface area contributed by atoms with E-state index >= 15 is 0 Å². The molecule has 76 valence electrons. The number of hydrogen-bond acceptors (Lipinski definition) is 2. The second-order valence-electron chi connectivity index (χ2n) is 2.73. The van der Waals surface area contributed by atoms with Crippen LogP contribution >= 0.6 is 0 Å². The Morgan fingerprint density at radius 2 is 2.14 bits per heavy atom. The summed E-state index contributed by atoms with van der Waals surface area (Å²) in [6, 6.07) is 0.913. The van der Waals surface area contributed by atoms with E-state index in [4.69, 9.17) is 5.73 Å². The van der Waals surface area contributed by atoms with Crippen molar-refractivity contribution in [3.8, 4) is 0 Å². The van der Waals surface area contributed by atoms with Crippen LogP contribution in [-0.4, -0.2) is 11.5 Å². The molecule has 14 heavy (non-hydrogen) atoms. The predicted molar refractivity (Wildman–Crippen MR) is 47.3 cm³/mol. The van der Waals surface area contributed by atoms with Gasteiger partial charge in [-0.3, -0.25) is 4.98 Å². The minimum atomic E-state index is -4.39. The van der Waals surface area contributed by atoms with Crippen LogP contribution < -0.4 is 5.73 Å². The smallest absolute Gasteiger partial charge is 0.326 e. The normalized spacial score (nSPS) is 11.4. The van der Waals surface area contributed by atoms with Crippen molar-refractivity contribution in [1.82, 2.24) is 4.98 Å². The fraction of sp³-hybridized carbons (Fsp3) is 0.222. The molecule has 0 spiro atoms. The van der Waals surface area contributed by atoms with E-state index in [1.54, 1.807) is 0 Å². The molecule has 2 N–H and O–H groups in total. The van der Waals surface area contributed by atoms with Gasteiger partial charge in [0.05, 0.1) is 5.56 Å². The Balaban J connectivity index is 3.23. The van der Waals surface area contributed by atoms with Crippen molar-refractivity contribution >= 4 is 5.57 Å². The van der Waals surface area contributed by atoms with Crippen molar-refractivity contribution in [2.45, 2.75) is 6.18 Å². The first-order valence-corrected chi connectivity index (χ1v) is 3.86. The SMILES string of the molecule is C=C(CN)c1cnccc1C(F)(F)F. The monoisotopic (exact) mass is 202 g/mol. The summed E-state index contributed by atoms with van der Waals surface area (Å²) in [5.41, 5.74) is 4.66. The van der Waals surface area contributed by atoms with E-state index in [9.17, 15) is 13.2 Å². The Morgan fingerprint density at radius 1 is 1.50 bits per heavy atom. The molecule has 0 bridgehead atoms.